The molecule has 0 bridgehead atoms. The molecule has 5 rings (SSSR count). The van der Waals surface area contributed by atoms with Crippen LogP contribution in [0.5, 0.6) is 17.2 Å². The molecular formula is C36H36BrN5O6. The first-order valence-electron chi connectivity index (χ1n) is 15.4. The molecule has 48 heavy (non-hydrogen) atoms. The highest BCUT2D eigenvalue weighted by atomic mass is 79.9. The highest BCUT2D eigenvalue weighted by molar-refractivity contribution is 9.10. The number of ether oxygens (including phenoxy) is 4. The lowest BCUT2D eigenvalue weighted by Gasteiger charge is -2.31. The van der Waals surface area contributed by atoms with Crippen LogP contribution in [0.25, 0.3) is 10.4 Å². The van der Waals surface area contributed by atoms with Gasteiger partial charge in [0.05, 0.1) is 20.8 Å². The summed E-state index contributed by atoms with van der Waals surface area (Å²) in [5.41, 5.74) is 11.1. The van der Waals surface area contributed by atoms with E-state index in [2.05, 4.69) is 31.3 Å². The lowest BCUT2D eigenvalue weighted by Crippen LogP contribution is -2.50. The van der Waals surface area contributed by atoms with Gasteiger partial charge in [-0.1, -0.05) is 57.4 Å². The third-order valence-electron chi connectivity index (χ3n) is 7.96. The molecule has 4 aromatic carbocycles. The summed E-state index contributed by atoms with van der Waals surface area (Å²) >= 11 is 3.50. The van der Waals surface area contributed by atoms with Gasteiger partial charge in [0.1, 0.15) is 17.2 Å². The van der Waals surface area contributed by atoms with Crippen LogP contribution in [-0.4, -0.2) is 56.4 Å². The predicted octanol–water partition coefficient (Wildman–Crippen LogP) is 7.03. The number of benzene rings is 4. The summed E-state index contributed by atoms with van der Waals surface area (Å²) in [5, 5.41) is 16.1. The molecule has 248 valence electrons. The van der Waals surface area contributed by atoms with Crippen LogP contribution < -0.4 is 19.5 Å². The number of hydrogen-bond donors (Lipinski definition) is 2. The molecule has 2 N–H and O–H groups in total. The van der Waals surface area contributed by atoms with E-state index in [-0.39, 0.29) is 31.4 Å². The van der Waals surface area contributed by atoms with Gasteiger partial charge in [0.15, 0.2) is 11.6 Å². The predicted molar refractivity (Wildman–Crippen MR) is 186 cm³/mol. The number of aliphatic imine (C=N–C) groups is 1. The van der Waals surface area contributed by atoms with Gasteiger partial charge in [-0.25, -0.2) is 4.99 Å². The first-order valence-corrected chi connectivity index (χ1v) is 16.2. The zero-order valence-electron chi connectivity index (χ0n) is 26.6. The Balaban J connectivity index is 1.56. The summed E-state index contributed by atoms with van der Waals surface area (Å²) in [7, 11) is 3.20. The number of nitrogens with zero attached hydrogens (tertiary/aromatic N) is 4. The highest BCUT2D eigenvalue weighted by Gasteiger charge is 2.53. The van der Waals surface area contributed by atoms with E-state index in [0.717, 1.165) is 15.6 Å². The minimum atomic E-state index is -1.49. The number of methoxy groups -OCH3 is 2. The number of carbonyl (C=O) groups is 1. The molecule has 0 saturated carbocycles. The van der Waals surface area contributed by atoms with Crippen LogP contribution in [0.4, 0.5) is 5.69 Å². The van der Waals surface area contributed by atoms with Crippen molar-refractivity contribution < 1.29 is 28.8 Å². The molecule has 0 radical (unpaired) electrons. The summed E-state index contributed by atoms with van der Waals surface area (Å²) in [6.07, 6.45) is 0.234. The molecule has 1 heterocycles. The molecule has 0 fully saturated rings. The lowest BCUT2D eigenvalue weighted by atomic mass is 9.81. The summed E-state index contributed by atoms with van der Waals surface area (Å²) in [6.45, 7) is 0.695. The second-order valence-electron chi connectivity index (χ2n) is 11.0. The number of aliphatic hydroxyl groups is 1. The van der Waals surface area contributed by atoms with Gasteiger partial charge in [0, 0.05) is 52.2 Å². The number of amides is 1. The lowest BCUT2D eigenvalue weighted by molar-refractivity contribution is -0.128. The van der Waals surface area contributed by atoms with Crippen molar-refractivity contribution in [1.29, 1.82) is 0 Å². The molecule has 2 atom stereocenters. The third kappa shape index (κ3) is 7.91. The fourth-order valence-electron chi connectivity index (χ4n) is 5.56. The second-order valence-corrected chi connectivity index (χ2v) is 11.9. The summed E-state index contributed by atoms with van der Waals surface area (Å²) < 4.78 is 24.2. The fourth-order valence-corrected chi connectivity index (χ4v) is 5.83. The van der Waals surface area contributed by atoms with E-state index < -0.39 is 11.6 Å². The van der Waals surface area contributed by atoms with E-state index in [9.17, 15) is 10.3 Å². The number of nitrogens with one attached hydrogen (secondary N) is 1. The number of rotatable bonds is 15. The molecule has 1 aliphatic rings. The van der Waals surface area contributed by atoms with Crippen molar-refractivity contribution >= 4 is 33.4 Å². The van der Waals surface area contributed by atoms with Gasteiger partial charge in [0.25, 0.3) is 5.91 Å². The summed E-state index contributed by atoms with van der Waals surface area (Å²) in [5.74, 6) is 1.90. The van der Waals surface area contributed by atoms with Gasteiger partial charge in [0.2, 0.25) is 5.90 Å². The van der Waals surface area contributed by atoms with Gasteiger partial charge in [-0.15, -0.1) is 0 Å². The third-order valence-corrected chi connectivity index (χ3v) is 8.48. The van der Waals surface area contributed by atoms with Crippen LogP contribution in [0.3, 0.4) is 0 Å². The Bertz CT molecular complexity index is 1790. The standard InChI is InChI=1S/C36H36BrN5O6/c1-45-29-16-17-32(46-2)26(22-29)18-19-39-35(44)36(23-24-8-12-27(37)13-9-24)33(30-6-3-4-7-31(30)41-42-38)48-34(40-36)25-10-14-28(15-11-25)47-21-5-20-43/h3-4,6-17,22,33,43H,5,18-21,23H2,1-2H3,(H,39,44)/t33-,36-/m1/s1. The monoisotopic (exact) mass is 713 g/mol. The van der Waals surface area contributed by atoms with E-state index in [1.807, 2.05) is 60.7 Å². The van der Waals surface area contributed by atoms with E-state index in [1.165, 1.54) is 0 Å². The average Bonchev–Trinajstić information content (AvgIpc) is 3.50. The largest absolute Gasteiger partial charge is 0.497 e. The van der Waals surface area contributed by atoms with Crippen molar-refractivity contribution in [1.82, 2.24) is 5.32 Å². The van der Waals surface area contributed by atoms with Crippen molar-refractivity contribution in [3.8, 4) is 17.2 Å². The van der Waals surface area contributed by atoms with Gasteiger partial charge >= 0.3 is 0 Å². The maximum Gasteiger partial charge on any atom is 0.252 e. The van der Waals surface area contributed by atoms with E-state index in [0.29, 0.717) is 53.5 Å². The first kappa shape index (κ1) is 34.3. The Hall–Kier alpha value is -5.03. The summed E-state index contributed by atoms with van der Waals surface area (Å²) in [6, 6.07) is 27.5. The van der Waals surface area contributed by atoms with Gasteiger partial charge in [-0.05, 0) is 77.7 Å². The molecule has 0 saturated heterocycles. The first-order chi connectivity index (χ1) is 23.4. The van der Waals surface area contributed by atoms with E-state index in [4.69, 9.17) is 29.0 Å². The zero-order chi connectivity index (χ0) is 33.9. The molecule has 0 unspecified atom stereocenters. The number of hydrogen-bond acceptors (Lipinski definition) is 8. The fraction of sp³-hybridized carbons (Fsp3) is 0.278. The number of azide groups is 1. The maximum atomic E-state index is 14.6. The van der Waals surface area contributed by atoms with Gasteiger partial charge in [-0.3, -0.25) is 4.79 Å². The molecule has 1 amide bonds. The minimum absolute atomic E-state index is 0.0387. The van der Waals surface area contributed by atoms with Crippen LogP contribution in [0, 0.1) is 0 Å². The molecule has 0 aliphatic carbocycles. The number of aliphatic hydroxyl groups excluding tert-OH is 1. The minimum Gasteiger partial charge on any atom is -0.497 e. The van der Waals surface area contributed by atoms with E-state index in [1.54, 1.807) is 44.6 Å². The summed E-state index contributed by atoms with van der Waals surface area (Å²) in [4.78, 5) is 22.7. The van der Waals surface area contributed by atoms with Crippen LogP contribution in [-0.2, 0) is 22.4 Å². The Morgan fingerprint density at radius 2 is 1.79 bits per heavy atom. The highest BCUT2D eigenvalue weighted by Crippen LogP contribution is 2.45. The van der Waals surface area contributed by atoms with Crippen LogP contribution in [0.1, 0.15) is 34.8 Å². The Kier molecular flexibility index (Phi) is 11.6. The Morgan fingerprint density at radius 1 is 1.04 bits per heavy atom. The second kappa shape index (κ2) is 16.2. The normalized spacial score (nSPS) is 16.7. The molecule has 1 aliphatic heterocycles. The molecule has 4 aromatic rings. The van der Waals surface area contributed by atoms with E-state index >= 15 is 0 Å². The molecular weight excluding hydrogens is 678 g/mol. The van der Waals surface area contributed by atoms with Gasteiger partial charge in [-0.2, -0.15) is 0 Å². The number of carbonyl (C=O) groups excluding carboxylic acids is 1. The van der Waals surface area contributed by atoms with Crippen molar-refractivity contribution in [2.75, 3.05) is 34.0 Å². The average molecular weight is 715 g/mol. The van der Waals surface area contributed by atoms with Crippen LogP contribution >= 0.6 is 15.9 Å². The SMILES string of the molecule is COc1ccc(OC)c(CCNC(=O)[C@]2(Cc3ccc(Br)cc3)N=C(c3ccc(OCCCO)cc3)O[C@@H]2c2ccccc2N=[N+]=[N-])c1. The quantitative estimate of drug-likeness (QED) is 0.0585. The van der Waals surface area contributed by atoms with Gasteiger partial charge < -0.3 is 29.4 Å². The van der Waals surface area contributed by atoms with Crippen LogP contribution in [0.2, 0.25) is 0 Å². The van der Waals surface area contributed by atoms with Crippen molar-refractivity contribution in [2.45, 2.75) is 30.9 Å². The molecule has 11 nitrogen and oxygen atoms in total. The van der Waals surface area contributed by atoms with Crippen molar-refractivity contribution in [3.05, 3.63) is 128 Å². The van der Waals surface area contributed by atoms with Crippen LogP contribution in [0.15, 0.2) is 106 Å². The smallest absolute Gasteiger partial charge is 0.252 e. The maximum absolute atomic E-state index is 14.6. The molecule has 0 spiro atoms. The molecule has 12 heteroatoms. The van der Waals surface area contributed by atoms with Crippen molar-refractivity contribution in [2.24, 2.45) is 10.1 Å². The number of halogens is 1. The molecule has 0 aromatic heterocycles. The Morgan fingerprint density at radius 3 is 2.50 bits per heavy atom. The Labute approximate surface area is 287 Å². The van der Waals surface area contributed by atoms with Crippen molar-refractivity contribution in [3.63, 3.8) is 0 Å². The zero-order valence-corrected chi connectivity index (χ0v) is 28.2. The topological polar surface area (TPSA) is 147 Å².